The van der Waals surface area contributed by atoms with Gasteiger partial charge in [0.05, 0.1) is 15.7 Å². The van der Waals surface area contributed by atoms with E-state index in [9.17, 15) is 14.7 Å². The average molecular weight is 381 g/mol. The Morgan fingerprint density at radius 1 is 1.22 bits per heavy atom. The Hall–Kier alpha value is -2.77. The van der Waals surface area contributed by atoms with Crippen molar-refractivity contribution in [2.24, 2.45) is 0 Å². The molecule has 3 aromatic rings. The molecule has 2 N–H and O–H groups in total. The van der Waals surface area contributed by atoms with E-state index in [-0.39, 0.29) is 24.8 Å². The lowest BCUT2D eigenvalue weighted by Gasteiger charge is -2.34. The number of hydrogen-bond acceptors (Lipinski definition) is 5. The Bertz CT molecular complexity index is 984. The van der Waals surface area contributed by atoms with Crippen LogP contribution in [0.15, 0.2) is 48.0 Å². The van der Waals surface area contributed by atoms with Crippen LogP contribution in [-0.2, 0) is 4.79 Å². The first-order chi connectivity index (χ1) is 13.2. The molecule has 7 heteroatoms. The highest BCUT2D eigenvalue weighted by atomic mass is 32.1. The van der Waals surface area contributed by atoms with Crippen LogP contribution in [0.2, 0.25) is 0 Å². The second-order valence-electron chi connectivity index (χ2n) is 6.43. The number of thiazole rings is 1. The number of aliphatic hydroxyl groups excluding tert-OH is 1. The molecule has 1 aromatic heterocycles. The van der Waals surface area contributed by atoms with Crippen molar-refractivity contribution in [1.29, 1.82) is 0 Å². The normalized spacial score (nSPS) is 17.1. The van der Waals surface area contributed by atoms with Gasteiger partial charge in [-0.3, -0.25) is 9.59 Å². The molecule has 0 aliphatic carbocycles. The molecule has 1 atom stereocenters. The first kappa shape index (κ1) is 17.6. The smallest absolute Gasteiger partial charge is 0.254 e. The maximum Gasteiger partial charge on any atom is 0.254 e. The lowest BCUT2D eigenvalue weighted by molar-refractivity contribution is -0.128. The van der Waals surface area contributed by atoms with Crippen LogP contribution in [0.3, 0.4) is 0 Å². The summed E-state index contributed by atoms with van der Waals surface area (Å²) in [5.41, 5.74) is 5.37. The highest BCUT2D eigenvalue weighted by Crippen LogP contribution is 2.26. The fourth-order valence-electron chi connectivity index (χ4n) is 3.38. The summed E-state index contributed by atoms with van der Waals surface area (Å²) in [6.07, 6.45) is 0.239. The third kappa shape index (κ3) is 3.43. The van der Waals surface area contributed by atoms with Crippen LogP contribution in [0.5, 0.6) is 0 Å². The zero-order valence-electron chi connectivity index (χ0n) is 14.6. The van der Waals surface area contributed by atoms with Gasteiger partial charge in [0.15, 0.2) is 0 Å². The number of carbonyl (C=O) groups is 2. The van der Waals surface area contributed by atoms with Crippen LogP contribution < -0.4 is 5.32 Å². The van der Waals surface area contributed by atoms with E-state index in [1.54, 1.807) is 28.4 Å². The molecule has 0 saturated carbocycles. The van der Waals surface area contributed by atoms with Crippen LogP contribution in [0.4, 0.5) is 0 Å². The van der Waals surface area contributed by atoms with Crippen molar-refractivity contribution < 1.29 is 14.7 Å². The molecule has 1 aliphatic rings. The standard InChI is InChI=1S/C20H19N3O3S/c24-10-7-17-19(25)21-8-9-23(17)20(26)14-3-1-13(2-4-14)15-5-6-18-16(11-15)22-12-27-18/h1-6,11-12,17,24H,7-10H2,(H,21,25). The topological polar surface area (TPSA) is 82.5 Å². The van der Waals surface area contributed by atoms with E-state index in [0.717, 1.165) is 21.3 Å². The maximum absolute atomic E-state index is 12.9. The number of nitrogens with zero attached hydrogens (tertiary/aromatic N) is 2. The van der Waals surface area contributed by atoms with Gasteiger partial charge in [-0.2, -0.15) is 0 Å². The Labute approximate surface area is 160 Å². The number of nitrogens with one attached hydrogen (secondary N) is 1. The molecule has 27 heavy (non-hydrogen) atoms. The van der Waals surface area contributed by atoms with Gasteiger partial charge in [0.2, 0.25) is 5.91 Å². The second-order valence-corrected chi connectivity index (χ2v) is 7.32. The number of amides is 2. The highest BCUT2D eigenvalue weighted by Gasteiger charge is 2.32. The summed E-state index contributed by atoms with van der Waals surface area (Å²) in [4.78, 5) is 30.8. The molecule has 1 saturated heterocycles. The van der Waals surface area contributed by atoms with E-state index >= 15 is 0 Å². The highest BCUT2D eigenvalue weighted by molar-refractivity contribution is 7.16. The van der Waals surface area contributed by atoms with E-state index < -0.39 is 6.04 Å². The number of aliphatic hydroxyl groups is 1. The minimum absolute atomic E-state index is 0.139. The van der Waals surface area contributed by atoms with Crippen LogP contribution >= 0.6 is 11.3 Å². The summed E-state index contributed by atoms with van der Waals surface area (Å²) in [5.74, 6) is -0.401. The zero-order valence-corrected chi connectivity index (χ0v) is 15.4. The van der Waals surface area contributed by atoms with Crippen molar-refractivity contribution >= 4 is 33.4 Å². The number of piperazine rings is 1. The van der Waals surface area contributed by atoms with E-state index in [2.05, 4.69) is 10.3 Å². The molecular formula is C20H19N3O3S. The molecule has 0 spiro atoms. The van der Waals surface area contributed by atoms with Crippen molar-refractivity contribution in [2.45, 2.75) is 12.5 Å². The van der Waals surface area contributed by atoms with E-state index in [4.69, 9.17) is 0 Å². The molecule has 1 aliphatic heterocycles. The van der Waals surface area contributed by atoms with Crippen molar-refractivity contribution in [3.63, 3.8) is 0 Å². The lowest BCUT2D eigenvalue weighted by atomic mass is 10.0. The summed E-state index contributed by atoms with van der Waals surface area (Å²) in [5, 5.41) is 12.0. The van der Waals surface area contributed by atoms with E-state index in [0.29, 0.717) is 18.7 Å². The Balaban J connectivity index is 1.57. The third-order valence-electron chi connectivity index (χ3n) is 4.79. The van der Waals surface area contributed by atoms with Gasteiger partial charge in [0.25, 0.3) is 5.91 Å². The molecule has 2 amide bonds. The number of benzene rings is 2. The predicted molar refractivity (Wildman–Crippen MR) is 105 cm³/mol. The largest absolute Gasteiger partial charge is 0.396 e. The number of aromatic nitrogens is 1. The quantitative estimate of drug-likeness (QED) is 0.726. The molecule has 138 valence electrons. The second kappa shape index (κ2) is 7.46. The summed E-state index contributed by atoms with van der Waals surface area (Å²) in [6.45, 7) is 0.732. The fourth-order valence-corrected chi connectivity index (χ4v) is 4.03. The van der Waals surface area contributed by atoms with Gasteiger partial charge in [0.1, 0.15) is 6.04 Å². The SMILES string of the molecule is O=C1NCCN(C(=O)c2ccc(-c3ccc4scnc4c3)cc2)C1CCO. The number of rotatable bonds is 4. The van der Waals surface area contributed by atoms with Gasteiger partial charge in [-0.25, -0.2) is 4.98 Å². The molecular weight excluding hydrogens is 362 g/mol. The number of hydrogen-bond donors (Lipinski definition) is 2. The molecule has 6 nitrogen and oxygen atoms in total. The van der Waals surface area contributed by atoms with Crippen LogP contribution in [0.1, 0.15) is 16.8 Å². The van der Waals surface area contributed by atoms with Crippen molar-refractivity contribution in [1.82, 2.24) is 15.2 Å². The van der Waals surface area contributed by atoms with Gasteiger partial charge >= 0.3 is 0 Å². The summed E-state index contributed by atoms with van der Waals surface area (Å²) < 4.78 is 1.14. The zero-order chi connectivity index (χ0) is 18.8. The van der Waals surface area contributed by atoms with E-state index in [1.807, 2.05) is 35.8 Å². The molecule has 2 aromatic carbocycles. The molecule has 0 bridgehead atoms. The van der Waals surface area contributed by atoms with Crippen LogP contribution in [-0.4, -0.2) is 52.5 Å². The first-order valence-electron chi connectivity index (χ1n) is 8.80. The lowest BCUT2D eigenvalue weighted by Crippen LogP contribution is -2.57. The molecule has 1 unspecified atom stereocenters. The van der Waals surface area contributed by atoms with Crippen molar-refractivity contribution in [3.8, 4) is 11.1 Å². The molecule has 0 radical (unpaired) electrons. The average Bonchev–Trinajstić information content (AvgIpc) is 3.17. The Kier molecular flexibility index (Phi) is 4.87. The Morgan fingerprint density at radius 3 is 2.78 bits per heavy atom. The first-order valence-corrected chi connectivity index (χ1v) is 9.68. The van der Waals surface area contributed by atoms with Crippen LogP contribution in [0, 0.1) is 0 Å². The molecule has 1 fully saturated rings. The summed E-state index contributed by atoms with van der Waals surface area (Å²) in [6, 6.07) is 12.9. The van der Waals surface area contributed by atoms with Gasteiger partial charge in [-0.05, 0) is 41.8 Å². The third-order valence-corrected chi connectivity index (χ3v) is 5.60. The number of carbonyl (C=O) groups excluding carboxylic acids is 2. The van der Waals surface area contributed by atoms with Gasteiger partial charge in [0, 0.05) is 25.3 Å². The predicted octanol–water partition coefficient (Wildman–Crippen LogP) is 2.29. The monoisotopic (exact) mass is 381 g/mol. The maximum atomic E-state index is 12.9. The van der Waals surface area contributed by atoms with Gasteiger partial charge in [-0.1, -0.05) is 18.2 Å². The van der Waals surface area contributed by atoms with Crippen molar-refractivity contribution in [3.05, 3.63) is 53.5 Å². The van der Waals surface area contributed by atoms with Gasteiger partial charge < -0.3 is 15.3 Å². The van der Waals surface area contributed by atoms with Crippen LogP contribution in [0.25, 0.3) is 21.3 Å². The fraction of sp³-hybridized carbons (Fsp3) is 0.250. The van der Waals surface area contributed by atoms with Gasteiger partial charge in [-0.15, -0.1) is 11.3 Å². The minimum atomic E-state index is -0.622. The van der Waals surface area contributed by atoms with E-state index in [1.165, 1.54) is 0 Å². The summed E-state index contributed by atoms with van der Waals surface area (Å²) >= 11 is 1.61. The van der Waals surface area contributed by atoms with Crippen molar-refractivity contribution in [2.75, 3.05) is 19.7 Å². The number of fused-ring (bicyclic) bond motifs is 1. The minimum Gasteiger partial charge on any atom is -0.396 e. The molecule has 4 rings (SSSR count). The Morgan fingerprint density at radius 2 is 2.00 bits per heavy atom. The molecule has 2 heterocycles. The summed E-state index contributed by atoms with van der Waals surface area (Å²) in [7, 11) is 0.